The molecule has 3 aromatic carbocycles. The van der Waals surface area contributed by atoms with Crippen molar-refractivity contribution in [3.05, 3.63) is 101 Å². The monoisotopic (exact) mass is 632 g/mol. The largest absolute Gasteiger partial charge is 0.483 e. The van der Waals surface area contributed by atoms with Crippen LogP contribution in [0.3, 0.4) is 0 Å². The van der Waals surface area contributed by atoms with E-state index in [2.05, 4.69) is 10.6 Å². The Kier molecular flexibility index (Phi) is 10.9. The highest BCUT2D eigenvalue weighted by Crippen LogP contribution is 2.40. The van der Waals surface area contributed by atoms with E-state index in [-0.39, 0.29) is 25.4 Å². The molecule has 1 fully saturated rings. The van der Waals surface area contributed by atoms with Gasteiger partial charge in [-0.2, -0.15) is 0 Å². The number of amides is 4. The quantitative estimate of drug-likeness (QED) is 0.240. The molecule has 1 aliphatic heterocycles. The molecular weight excluding hydrogens is 592 g/mol. The summed E-state index contributed by atoms with van der Waals surface area (Å²) in [7, 11) is 0. The van der Waals surface area contributed by atoms with E-state index >= 15 is 0 Å². The Hall–Kier alpha value is -4.35. The molecule has 45 heavy (non-hydrogen) atoms. The summed E-state index contributed by atoms with van der Waals surface area (Å²) in [6, 6.07) is 19.7. The first kappa shape index (κ1) is 33.5. The van der Waals surface area contributed by atoms with Gasteiger partial charge in [-0.15, -0.1) is 11.8 Å². The molecule has 3 atom stereocenters. The SMILES string of the molecule is Cc1cccc(C)c1OCC(=O)N[C@@H](Cc1ccccc1)[C@H](O)C(=O)N1CSC(C)(C)[C@H]1C(=O)NCc1cccc(C(N)=O)c1. The van der Waals surface area contributed by atoms with Crippen molar-refractivity contribution in [3.63, 3.8) is 0 Å². The molecule has 238 valence electrons. The average Bonchev–Trinajstić information content (AvgIpc) is 3.33. The highest BCUT2D eigenvalue weighted by molar-refractivity contribution is 8.00. The normalized spacial score (nSPS) is 16.8. The number of primary amides is 1. The Morgan fingerprint density at radius 2 is 1.64 bits per heavy atom. The lowest BCUT2D eigenvalue weighted by atomic mass is 9.97. The number of para-hydroxylation sites is 1. The molecule has 0 aromatic heterocycles. The summed E-state index contributed by atoms with van der Waals surface area (Å²) in [6.07, 6.45) is -1.45. The Labute approximate surface area is 267 Å². The molecule has 5 N–H and O–H groups in total. The van der Waals surface area contributed by atoms with Gasteiger partial charge in [0, 0.05) is 16.9 Å². The second kappa shape index (κ2) is 14.6. The number of aliphatic hydroxyl groups excluding tert-OH is 1. The van der Waals surface area contributed by atoms with E-state index in [1.807, 2.05) is 76.2 Å². The Morgan fingerprint density at radius 3 is 2.31 bits per heavy atom. The molecule has 1 heterocycles. The van der Waals surface area contributed by atoms with E-state index in [0.717, 1.165) is 16.7 Å². The molecule has 0 saturated carbocycles. The second-order valence-electron chi connectivity index (χ2n) is 11.7. The van der Waals surface area contributed by atoms with Crippen LogP contribution in [0.5, 0.6) is 5.75 Å². The molecule has 1 aliphatic rings. The molecule has 4 amide bonds. The van der Waals surface area contributed by atoms with Crippen molar-refractivity contribution in [3.8, 4) is 5.75 Å². The van der Waals surface area contributed by atoms with Gasteiger partial charge in [-0.25, -0.2) is 0 Å². The van der Waals surface area contributed by atoms with Gasteiger partial charge in [0.2, 0.25) is 11.8 Å². The van der Waals surface area contributed by atoms with Crippen LogP contribution in [-0.2, 0) is 27.3 Å². The number of aryl methyl sites for hydroxylation is 2. The van der Waals surface area contributed by atoms with Crippen LogP contribution in [0.1, 0.15) is 46.5 Å². The fourth-order valence-electron chi connectivity index (χ4n) is 5.40. The van der Waals surface area contributed by atoms with Gasteiger partial charge < -0.3 is 31.1 Å². The summed E-state index contributed by atoms with van der Waals surface area (Å²) in [5.41, 5.74) is 8.97. The Balaban J connectivity index is 1.49. The maximum Gasteiger partial charge on any atom is 0.258 e. The number of ether oxygens (including phenoxy) is 1. The lowest BCUT2D eigenvalue weighted by Crippen LogP contribution is -2.59. The van der Waals surface area contributed by atoms with Crippen molar-refractivity contribution >= 4 is 35.4 Å². The summed E-state index contributed by atoms with van der Waals surface area (Å²) in [6.45, 7) is 7.33. The van der Waals surface area contributed by atoms with E-state index in [0.29, 0.717) is 16.9 Å². The van der Waals surface area contributed by atoms with Crippen LogP contribution in [0.4, 0.5) is 0 Å². The summed E-state index contributed by atoms with van der Waals surface area (Å²) in [5, 5.41) is 17.1. The Bertz CT molecular complexity index is 1530. The molecule has 3 aromatic rings. The molecule has 0 radical (unpaired) electrons. The first-order valence-corrected chi connectivity index (χ1v) is 15.7. The fourth-order valence-corrected chi connectivity index (χ4v) is 6.54. The first-order chi connectivity index (χ1) is 21.4. The summed E-state index contributed by atoms with van der Waals surface area (Å²) < 4.78 is 5.15. The highest BCUT2D eigenvalue weighted by atomic mass is 32.2. The van der Waals surface area contributed by atoms with Crippen molar-refractivity contribution in [1.29, 1.82) is 0 Å². The topological polar surface area (TPSA) is 151 Å². The lowest BCUT2D eigenvalue weighted by Gasteiger charge is -2.33. The predicted molar refractivity (Wildman–Crippen MR) is 173 cm³/mol. The number of thioether (sulfide) groups is 1. The third-order valence-corrected chi connectivity index (χ3v) is 9.17. The standard InChI is InChI=1S/C34H40N4O6S/c1-21-10-8-11-22(2)29(21)44-19-27(39)37-26(17-23-12-6-5-7-13-23)28(40)33(43)38-20-45-34(3,4)30(38)32(42)36-18-24-14-9-15-25(16-24)31(35)41/h5-16,26,28,30,40H,17-20H2,1-4H3,(H2,35,41)(H,36,42)(H,37,39)/t26-,28-,30+/m0/s1. The summed E-state index contributed by atoms with van der Waals surface area (Å²) >= 11 is 1.42. The van der Waals surface area contributed by atoms with Gasteiger partial charge in [0.25, 0.3) is 11.8 Å². The van der Waals surface area contributed by atoms with Crippen LogP contribution in [0, 0.1) is 13.8 Å². The van der Waals surface area contributed by atoms with Crippen LogP contribution < -0.4 is 21.1 Å². The van der Waals surface area contributed by atoms with Gasteiger partial charge in [0.15, 0.2) is 12.7 Å². The van der Waals surface area contributed by atoms with Crippen LogP contribution in [0.2, 0.25) is 0 Å². The zero-order valence-corrected chi connectivity index (χ0v) is 26.7. The van der Waals surface area contributed by atoms with Crippen molar-refractivity contribution in [2.75, 3.05) is 12.5 Å². The number of rotatable bonds is 12. The van der Waals surface area contributed by atoms with Gasteiger partial charge >= 0.3 is 0 Å². The molecule has 10 nitrogen and oxygen atoms in total. The molecular formula is C34H40N4O6S. The van der Waals surface area contributed by atoms with Crippen LogP contribution in [0.25, 0.3) is 0 Å². The van der Waals surface area contributed by atoms with Gasteiger partial charge in [-0.1, -0.05) is 60.7 Å². The van der Waals surface area contributed by atoms with Crippen LogP contribution in [0.15, 0.2) is 72.8 Å². The van der Waals surface area contributed by atoms with Gasteiger partial charge in [-0.05, 0) is 68.5 Å². The van der Waals surface area contributed by atoms with E-state index in [4.69, 9.17) is 10.5 Å². The van der Waals surface area contributed by atoms with E-state index in [1.54, 1.807) is 24.3 Å². The molecule has 0 spiro atoms. The molecule has 11 heteroatoms. The van der Waals surface area contributed by atoms with E-state index < -0.39 is 46.6 Å². The zero-order valence-electron chi connectivity index (χ0n) is 25.9. The predicted octanol–water partition coefficient (Wildman–Crippen LogP) is 2.87. The molecule has 1 saturated heterocycles. The maximum absolute atomic E-state index is 13.9. The molecule has 0 unspecified atom stereocenters. The molecule has 0 aliphatic carbocycles. The van der Waals surface area contributed by atoms with E-state index in [1.165, 1.54) is 16.7 Å². The summed E-state index contributed by atoms with van der Waals surface area (Å²) in [4.78, 5) is 53.4. The highest BCUT2D eigenvalue weighted by Gasteiger charge is 2.49. The first-order valence-electron chi connectivity index (χ1n) is 14.7. The number of aliphatic hydroxyl groups is 1. The number of carbonyl (C=O) groups is 4. The average molecular weight is 633 g/mol. The third-order valence-electron chi connectivity index (χ3n) is 7.79. The fraction of sp³-hybridized carbons (Fsp3) is 0.353. The maximum atomic E-state index is 13.9. The minimum Gasteiger partial charge on any atom is -0.483 e. The number of carbonyl (C=O) groups excluding carboxylic acids is 4. The number of benzene rings is 3. The van der Waals surface area contributed by atoms with Gasteiger partial charge in [0.05, 0.1) is 11.9 Å². The zero-order chi connectivity index (χ0) is 32.7. The molecule has 0 bridgehead atoms. The van der Waals surface area contributed by atoms with Crippen molar-refractivity contribution in [2.45, 2.75) is 63.6 Å². The van der Waals surface area contributed by atoms with Crippen molar-refractivity contribution in [1.82, 2.24) is 15.5 Å². The van der Waals surface area contributed by atoms with Crippen molar-refractivity contribution < 1.29 is 29.0 Å². The Morgan fingerprint density at radius 1 is 1.00 bits per heavy atom. The third kappa shape index (κ3) is 8.43. The van der Waals surface area contributed by atoms with Gasteiger partial charge in [0.1, 0.15) is 11.8 Å². The number of nitrogens with one attached hydrogen (secondary N) is 2. The molecule has 4 rings (SSSR count). The second-order valence-corrected chi connectivity index (χ2v) is 13.3. The minimum atomic E-state index is -1.63. The number of hydrogen-bond acceptors (Lipinski definition) is 7. The smallest absolute Gasteiger partial charge is 0.258 e. The lowest BCUT2D eigenvalue weighted by molar-refractivity contribution is -0.148. The van der Waals surface area contributed by atoms with Crippen LogP contribution in [-0.4, -0.2) is 69.1 Å². The van der Waals surface area contributed by atoms with E-state index in [9.17, 15) is 24.3 Å². The van der Waals surface area contributed by atoms with Gasteiger partial charge in [-0.3, -0.25) is 19.2 Å². The minimum absolute atomic E-state index is 0.120. The van der Waals surface area contributed by atoms with Crippen molar-refractivity contribution in [2.24, 2.45) is 5.73 Å². The number of nitrogens with two attached hydrogens (primary N) is 1. The number of hydrogen-bond donors (Lipinski definition) is 4. The number of nitrogens with zero attached hydrogens (tertiary/aromatic N) is 1. The van der Waals surface area contributed by atoms with Crippen LogP contribution >= 0.6 is 11.8 Å². The summed E-state index contributed by atoms with van der Waals surface area (Å²) in [5.74, 6) is -1.35.